The fraction of sp³-hybridized carbons (Fsp3) is 0.385. The highest BCUT2D eigenvalue weighted by Gasteiger charge is 2.13. The number of rotatable bonds is 3. The predicted octanol–water partition coefficient (Wildman–Crippen LogP) is 2.25. The lowest BCUT2D eigenvalue weighted by Crippen LogP contribution is -2.27. The van der Waals surface area contributed by atoms with Crippen LogP contribution >= 0.6 is 0 Å². The maximum atomic E-state index is 11.7. The quantitative estimate of drug-likeness (QED) is 0.731. The molecule has 3 heteroatoms. The van der Waals surface area contributed by atoms with E-state index in [-0.39, 0.29) is 18.1 Å². The van der Waals surface area contributed by atoms with Crippen LogP contribution in [-0.2, 0) is 9.59 Å². The van der Waals surface area contributed by atoms with Gasteiger partial charge in [0.15, 0.2) is 0 Å². The third kappa shape index (κ3) is 2.92. The normalized spacial score (nSPS) is 10.0. The van der Waals surface area contributed by atoms with Crippen LogP contribution in [0.25, 0.3) is 0 Å². The van der Waals surface area contributed by atoms with E-state index in [1.165, 1.54) is 17.4 Å². The van der Waals surface area contributed by atoms with Crippen molar-refractivity contribution >= 4 is 17.4 Å². The molecule has 0 saturated heterocycles. The smallest absolute Gasteiger partial charge is 0.234 e. The van der Waals surface area contributed by atoms with Crippen molar-refractivity contribution in [1.82, 2.24) is 0 Å². The van der Waals surface area contributed by atoms with Gasteiger partial charge in [0.2, 0.25) is 5.91 Å². The summed E-state index contributed by atoms with van der Waals surface area (Å²) in [6, 6.07) is 5.82. The summed E-state index contributed by atoms with van der Waals surface area (Å²) in [6.07, 6.45) is -0.0383. The molecule has 0 bridgehead atoms. The summed E-state index contributed by atoms with van der Waals surface area (Å²) in [6.45, 7) is 5.45. The van der Waals surface area contributed by atoms with Crippen molar-refractivity contribution in [2.45, 2.75) is 27.2 Å². The molecule has 0 atom stereocenters. The van der Waals surface area contributed by atoms with Gasteiger partial charge in [-0.05, 0) is 44.0 Å². The number of Topliss-reactive ketones (excluding diaryl/α,β-unsaturated/α-hetero) is 1. The Hall–Kier alpha value is -1.64. The first-order chi connectivity index (χ1) is 7.41. The molecule has 0 aliphatic heterocycles. The molecule has 1 aromatic rings. The summed E-state index contributed by atoms with van der Waals surface area (Å²) in [7, 11) is 1.69. The molecular formula is C13H17NO2. The number of anilines is 1. The summed E-state index contributed by atoms with van der Waals surface area (Å²) in [5.74, 6) is -0.281. The highest BCUT2D eigenvalue weighted by molar-refractivity contribution is 6.04. The van der Waals surface area contributed by atoms with E-state index in [4.69, 9.17) is 0 Å². The number of carbonyl (C=O) groups excluding carboxylic acids is 2. The van der Waals surface area contributed by atoms with Crippen LogP contribution in [0.3, 0.4) is 0 Å². The van der Waals surface area contributed by atoms with Crippen molar-refractivity contribution in [3.05, 3.63) is 29.3 Å². The molecule has 0 aliphatic carbocycles. The standard InChI is InChI=1S/C13H17NO2/c1-9-5-6-12(7-10(9)2)14(4)13(16)8-11(3)15/h5-7H,8H2,1-4H3. The largest absolute Gasteiger partial charge is 0.315 e. The molecule has 0 spiro atoms. The number of benzene rings is 1. The van der Waals surface area contributed by atoms with E-state index < -0.39 is 0 Å². The predicted molar refractivity (Wildman–Crippen MR) is 64.6 cm³/mol. The van der Waals surface area contributed by atoms with E-state index in [0.29, 0.717) is 0 Å². The van der Waals surface area contributed by atoms with Gasteiger partial charge in [0.05, 0.1) is 6.42 Å². The second-order valence-corrected chi connectivity index (χ2v) is 4.10. The van der Waals surface area contributed by atoms with E-state index in [1.54, 1.807) is 7.05 Å². The Morgan fingerprint density at radius 2 is 1.81 bits per heavy atom. The lowest BCUT2D eigenvalue weighted by atomic mass is 10.1. The Labute approximate surface area is 96.1 Å². The maximum Gasteiger partial charge on any atom is 0.234 e. The topological polar surface area (TPSA) is 37.4 Å². The molecule has 0 aliphatic rings. The first-order valence-corrected chi connectivity index (χ1v) is 5.25. The lowest BCUT2D eigenvalue weighted by Gasteiger charge is -2.17. The Bertz CT molecular complexity index is 424. The lowest BCUT2D eigenvalue weighted by molar-refractivity contribution is -0.125. The molecule has 16 heavy (non-hydrogen) atoms. The first-order valence-electron chi connectivity index (χ1n) is 5.25. The zero-order chi connectivity index (χ0) is 12.3. The third-order valence-electron chi connectivity index (χ3n) is 2.65. The molecule has 0 heterocycles. The second kappa shape index (κ2) is 4.92. The summed E-state index contributed by atoms with van der Waals surface area (Å²) < 4.78 is 0. The summed E-state index contributed by atoms with van der Waals surface area (Å²) in [5, 5.41) is 0. The summed E-state index contributed by atoms with van der Waals surface area (Å²) >= 11 is 0. The zero-order valence-electron chi connectivity index (χ0n) is 10.2. The van der Waals surface area contributed by atoms with Crippen LogP contribution in [0.1, 0.15) is 24.5 Å². The molecule has 1 rings (SSSR count). The fourth-order valence-corrected chi connectivity index (χ4v) is 1.41. The number of nitrogens with zero attached hydrogens (tertiary/aromatic N) is 1. The van der Waals surface area contributed by atoms with E-state index in [0.717, 1.165) is 11.3 Å². The number of ketones is 1. The molecule has 1 amide bonds. The molecular weight excluding hydrogens is 202 g/mol. The van der Waals surface area contributed by atoms with Gasteiger partial charge in [-0.25, -0.2) is 0 Å². The molecule has 0 aromatic heterocycles. The van der Waals surface area contributed by atoms with Crippen LogP contribution in [0.5, 0.6) is 0 Å². The van der Waals surface area contributed by atoms with Gasteiger partial charge in [-0.2, -0.15) is 0 Å². The van der Waals surface area contributed by atoms with Gasteiger partial charge in [0, 0.05) is 12.7 Å². The Morgan fingerprint density at radius 3 is 2.31 bits per heavy atom. The van der Waals surface area contributed by atoms with Crippen molar-refractivity contribution < 1.29 is 9.59 Å². The van der Waals surface area contributed by atoms with Crippen molar-refractivity contribution in [2.75, 3.05) is 11.9 Å². The van der Waals surface area contributed by atoms with Gasteiger partial charge in [0.1, 0.15) is 5.78 Å². The van der Waals surface area contributed by atoms with Crippen LogP contribution in [0.15, 0.2) is 18.2 Å². The van der Waals surface area contributed by atoms with Gasteiger partial charge in [0.25, 0.3) is 0 Å². The summed E-state index contributed by atoms with van der Waals surface area (Å²) in [4.78, 5) is 24.0. The number of amides is 1. The van der Waals surface area contributed by atoms with E-state index >= 15 is 0 Å². The summed E-state index contributed by atoms with van der Waals surface area (Å²) in [5.41, 5.74) is 3.16. The van der Waals surface area contributed by atoms with Crippen molar-refractivity contribution in [1.29, 1.82) is 0 Å². The highest BCUT2D eigenvalue weighted by Crippen LogP contribution is 2.18. The van der Waals surface area contributed by atoms with Gasteiger partial charge in [-0.15, -0.1) is 0 Å². The Morgan fingerprint density at radius 1 is 1.19 bits per heavy atom. The molecule has 0 unspecified atom stereocenters. The first kappa shape index (κ1) is 12.4. The molecule has 0 fully saturated rings. The minimum atomic E-state index is -0.171. The van der Waals surface area contributed by atoms with E-state index in [9.17, 15) is 9.59 Å². The monoisotopic (exact) mass is 219 g/mol. The molecule has 86 valence electrons. The average molecular weight is 219 g/mol. The minimum Gasteiger partial charge on any atom is -0.315 e. The van der Waals surface area contributed by atoms with Gasteiger partial charge < -0.3 is 4.90 Å². The number of hydrogen-bond acceptors (Lipinski definition) is 2. The molecule has 0 saturated carbocycles. The second-order valence-electron chi connectivity index (χ2n) is 4.10. The van der Waals surface area contributed by atoms with Crippen LogP contribution in [-0.4, -0.2) is 18.7 Å². The van der Waals surface area contributed by atoms with Crippen molar-refractivity contribution in [2.24, 2.45) is 0 Å². The van der Waals surface area contributed by atoms with E-state index in [1.807, 2.05) is 32.0 Å². The van der Waals surface area contributed by atoms with Crippen LogP contribution in [0.4, 0.5) is 5.69 Å². The molecule has 3 nitrogen and oxygen atoms in total. The van der Waals surface area contributed by atoms with Gasteiger partial charge in [-0.1, -0.05) is 6.07 Å². The molecule has 1 aromatic carbocycles. The number of carbonyl (C=O) groups is 2. The Kier molecular flexibility index (Phi) is 3.82. The number of aryl methyl sites for hydroxylation is 2. The fourth-order valence-electron chi connectivity index (χ4n) is 1.41. The van der Waals surface area contributed by atoms with Crippen molar-refractivity contribution in [3.8, 4) is 0 Å². The zero-order valence-corrected chi connectivity index (χ0v) is 10.2. The maximum absolute atomic E-state index is 11.7. The SMILES string of the molecule is CC(=O)CC(=O)N(C)c1ccc(C)c(C)c1. The Balaban J connectivity index is 2.87. The van der Waals surface area contributed by atoms with Crippen molar-refractivity contribution in [3.63, 3.8) is 0 Å². The minimum absolute atomic E-state index is 0.0383. The van der Waals surface area contributed by atoms with Crippen LogP contribution in [0.2, 0.25) is 0 Å². The van der Waals surface area contributed by atoms with Gasteiger partial charge >= 0.3 is 0 Å². The molecule has 0 radical (unpaired) electrons. The number of hydrogen-bond donors (Lipinski definition) is 0. The van der Waals surface area contributed by atoms with E-state index in [2.05, 4.69) is 0 Å². The van der Waals surface area contributed by atoms with Crippen LogP contribution < -0.4 is 4.90 Å². The molecule has 0 N–H and O–H groups in total. The third-order valence-corrected chi connectivity index (χ3v) is 2.65. The highest BCUT2D eigenvalue weighted by atomic mass is 16.2. The van der Waals surface area contributed by atoms with Gasteiger partial charge in [-0.3, -0.25) is 9.59 Å². The van der Waals surface area contributed by atoms with Crippen LogP contribution in [0, 0.1) is 13.8 Å². The average Bonchev–Trinajstić information content (AvgIpc) is 2.20.